The van der Waals surface area contributed by atoms with Crippen molar-refractivity contribution >= 4 is 5.82 Å². The van der Waals surface area contributed by atoms with Crippen LogP contribution in [0, 0.1) is 0 Å². The molecule has 2 N–H and O–H groups in total. The monoisotopic (exact) mass is 222 g/mol. The standard InChI is InChI=1S/C12H18N2O2/c1-3-6-14(7-8-15)12-9-11(10(2)16)4-5-13-12/h3-5,9-10,15-16H,1,6-8H2,2H3/t10-/m1/s1. The first-order chi connectivity index (χ1) is 7.69. The predicted molar refractivity (Wildman–Crippen MR) is 64.4 cm³/mol. The zero-order chi connectivity index (χ0) is 12.0. The van der Waals surface area contributed by atoms with Crippen molar-refractivity contribution in [1.29, 1.82) is 0 Å². The van der Waals surface area contributed by atoms with E-state index in [9.17, 15) is 5.11 Å². The second-order valence-electron chi connectivity index (χ2n) is 3.58. The molecule has 0 aliphatic carbocycles. The number of rotatable bonds is 6. The third-order valence-corrected chi connectivity index (χ3v) is 2.30. The first kappa shape index (κ1) is 12.7. The smallest absolute Gasteiger partial charge is 0.129 e. The van der Waals surface area contributed by atoms with Gasteiger partial charge in [-0.2, -0.15) is 0 Å². The Morgan fingerprint density at radius 2 is 2.38 bits per heavy atom. The van der Waals surface area contributed by atoms with Crippen LogP contribution in [0.15, 0.2) is 31.0 Å². The van der Waals surface area contributed by atoms with Crippen LogP contribution in [-0.2, 0) is 0 Å². The quantitative estimate of drug-likeness (QED) is 0.708. The maximum absolute atomic E-state index is 9.47. The summed E-state index contributed by atoms with van der Waals surface area (Å²) in [5.41, 5.74) is 0.817. The molecule has 1 rings (SSSR count). The van der Waals surface area contributed by atoms with Gasteiger partial charge in [-0.15, -0.1) is 6.58 Å². The van der Waals surface area contributed by atoms with E-state index in [2.05, 4.69) is 11.6 Å². The van der Waals surface area contributed by atoms with E-state index < -0.39 is 6.10 Å². The van der Waals surface area contributed by atoms with Crippen LogP contribution in [0.4, 0.5) is 5.82 Å². The van der Waals surface area contributed by atoms with Crippen molar-refractivity contribution in [2.24, 2.45) is 0 Å². The van der Waals surface area contributed by atoms with E-state index in [1.165, 1.54) is 0 Å². The molecular weight excluding hydrogens is 204 g/mol. The highest BCUT2D eigenvalue weighted by molar-refractivity contribution is 5.42. The molecule has 0 amide bonds. The van der Waals surface area contributed by atoms with E-state index >= 15 is 0 Å². The molecule has 0 bridgehead atoms. The lowest BCUT2D eigenvalue weighted by atomic mass is 10.1. The van der Waals surface area contributed by atoms with E-state index in [1.807, 2.05) is 11.0 Å². The molecule has 0 saturated carbocycles. The lowest BCUT2D eigenvalue weighted by molar-refractivity contribution is 0.199. The summed E-state index contributed by atoms with van der Waals surface area (Å²) < 4.78 is 0. The van der Waals surface area contributed by atoms with Gasteiger partial charge in [0.1, 0.15) is 5.82 Å². The Balaban J connectivity index is 2.90. The Morgan fingerprint density at radius 1 is 1.62 bits per heavy atom. The lowest BCUT2D eigenvalue weighted by Gasteiger charge is -2.21. The van der Waals surface area contributed by atoms with E-state index in [0.29, 0.717) is 13.1 Å². The first-order valence-electron chi connectivity index (χ1n) is 5.29. The molecule has 0 unspecified atom stereocenters. The molecule has 4 nitrogen and oxygen atoms in total. The highest BCUT2D eigenvalue weighted by Crippen LogP contribution is 2.17. The Bertz CT molecular complexity index is 340. The van der Waals surface area contributed by atoms with Gasteiger partial charge in [0.15, 0.2) is 0 Å². The van der Waals surface area contributed by atoms with Crippen molar-refractivity contribution in [3.05, 3.63) is 36.5 Å². The molecule has 1 aromatic heterocycles. The van der Waals surface area contributed by atoms with Crippen molar-refractivity contribution in [2.75, 3.05) is 24.6 Å². The topological polar surface area (TPSA) is 56.6 Å². The van der Waals surface area contributed by atoms with Gasteiger partial charge in [0.2, 0.25) is 0 Å². The SMILES string of the molecule is C=CCN(CCO)c1cc([C@@H](C)O)ccn1. The molecule has 4 heteroatoms. The van der Waals surface area contributed by atoms with Gasteiger partial charge < -0.3 is 15.1 Å². The van der Waals surface area contributed by atoms with Gasteiger partial charge >= 0.3 is 0 Å². The molecule has 0 spiro atoms. The fraction of sp³-hybridized carbons (Fsp3) is 0.417. The van der Waals surface area contributed by atoms with Gasteiger partial charge in [-0.25, -0.2) is 4.98 Å². The molecule has 0 aliphatic heterocycles. The van der Waals surface area contributed by atoms with Crippen LogP contribution >= 0.6 is 0 Å². The van der Waals surface area contributed by atoms with Gasteiger partial charge in [-0.05, 0) is 24.6 Å². The summed E-state index contributed by atoms with van der Waals surface area (Å²) in [7, 11) is 0. The molecule has 1 heterocycles. The van der Waals surface area contributed by atoms with Gasteiger partial charge in [-0.3, -0.25) is 0 Å². The maximum Gasteiger partial charge on any atom is 0.129 e. The first-order valence-corrected chi connectivity index (χ1v) is 5.29. The molecular formula is C12H18N2O2. The molecule has 1 aromatic rings. The summed E-state index contributed by atoms with van der Waals surface area (Å²) in [6, 6.07) is 3.60. The maximum atomic E-state index is 9.47. The largest absolute Gasteiger partial charge is 0.395 e. The fourth-order valence-electron chi connectivity index (χ4n) is 1.44. The van der Waals surface area contributed by atoms with E-state index in [4.69, 9.17) is 5.11 Å². The van der Waals surface area contributed by atoms with Gasteiger partial charge in [0.25, 0.3) is 0 Å². The van der Waals surface area contributed by atoms with E-state index in [0.717, 1.165) is 11.4 Å². The number of aromatic nitrogens is 1. The van der Waals surface area contributed by atoms with E-state index in [1.54, 1.807) is 25.3 Å². The van der Waals surface area contributed by atoms with Gasteiger partial charge in [0, 0.05) is 19.3 Å². The molecule has 0 aliphatic rings. The van der Waals surface area contributed by atoms with Gasteiger partial charge in [0.05, 0.1) is 12.7 Å². The molecule has 0 saturated heterocycles. The summed E-state index contributed by atoms with van der Waals surface area (Å²) in [5, 5.41) is 18.4. The van der Waals surface area contributed by atoms with Crippen LogP contribution in [0.5, 0.6) is 0 Å². The number of nitrogens with zero attached hydrogens (tertiary/aromatic N) is 2. The highest BCUT2D eigenvalue weighted by atomic mass is 16.3. The van der Waals surface area contributed by atoms with Gasteiger partial charge in [-0.1, -0.05) is 6.08 Å². The zero-order valence-corrected chi connectivity index (χ0v) is 9.50. The second-order valence-corrected chi connectivity index (χ2v) is 3.58. The molecule has 16 heavy (non-hydrogen) atoms. The Morgan fingerprint density at radius 3 is 2.94 bits per heavy atom. The third-order valence-electron chi connectivity index (χ3n) is 2.30. The molecule has 0 fully saturated rings. The van der Waals surface area contributed by atoms with Crippen molar-refractivity contribution in [1.82, 2.24) is 4.98 Å². The molecule has 88 valence electrons. The zero-order valence-electron chi connectivity index (χ0n) is 9.50. The van der Waals surface area contributed by atoms with Crippen LogP contribution < -0.4 is 4.90 Å². The number of aliphatic hydroxyl groups is 2. The minimum atomic E-state index is -0.513. The predicted octanol–water partition coefficient (Wildman–Crippen LogP) is 1.12. The molecule has 0 radical (unpaired) electrons. The Labute approximate surface area is 95.9 Å². The van der Waals surface area contributed by atoms with Crippen molar-refractivity contribution in [2.45, 2.75) is 13.0 Å². The third kappa shape index (κ3) is 3.32. The lowest BCUT2D eigenvalue weighted by Crippen LogP contribution is -2.27. The van der Waals surface area contributed by atoms with Crippen LogP contribution in [0.3, 0.4) is 0 Å². The normalized spacial score (nSPS) is 12.2. The van der Waals surface area contributed by atoms with Crippen LogP contribution in [0.1, 0.15) is 18.6 Å². The molecule has 0 aromatic carbocycles. The number of hydrogen-bond donors (Lipinski definition) is 2. The summed E-state index contributed by atoms with van der Waals surface area (Å²) in [6.07, 6.45) is 2.90. The fourth-order valence-corrected chi connectivity index (χ4v) is 1.44. The minimum Gasteiger partial charge on any atom is -0.395 e. The van der Waals surface area contributed by atoms with E-state index in [-0.39, 0.29) is 6.61 Å². The number of pyridine rings is 1. The van der Waals surface area contributed by atoms with Crippen molar-refractivity contribution in [3.63, 3.8) is 0 Å². The summed E-state index contributed by atoms with van der Waals surface area (Å²) in [5.74, 6) is 0.743. The number of aliphatic hydroxyl groups excluding tert-OH is 2. The second kappa shape index (κ2) is 6.25. The van der Waals surface area contributed by atoms with Crippen LogP contribution in [-0.4, -0.2) is 34.9 Å². The summed E-state index contributed by atoms with van der Waals surface area (Å²) in [4.78, 5) is 6.12. The van der Waals surface area contributed by atoms with Crippen molar-refractivity contribution in [3.8, 4) is 0 Å². The van der Waals surface area contributed by atoms with Crippen LogP contribution in [0.2, 0.25) is 0 Å². The summed E-state index contributed by atoms with van der Waals surface area (Å²) in [6.45, 7) is 6.56. The number of anilines is 1. The Kier molecular flexibility index (Phi) is 4.95. The Hall–Kier alpha value is -1.39. The van der Waals surface area contributed by atoms with Crippen molar-refractivity contribution < 1.29 is 10.2 Å². The number of hydrogen-bond acceptors (Lipinski definition) is 4. The average Bonchev–Trinajstić information content (AvgIpc) is 2.29. The van der Waals surface area contributed by atoms with Crippen LogP contribution in [0.25, 0.3) is 0 Å². The average molecular weight is 222 g/mol. The summed E-state index contributed by atoms with van der Waals surface area (Å²) >= 11 is 0. The highest BCUT2D eigenvalue weighted by Gasteiger charge is 2.08. The minimum absolute atomic E-state index is 0.0639. The molecule has 1 atom stereocenters.